The average molecular weight is 207 g/mol. The fraction of sp³-hybridized carbons (Fsp3) is 0.417. The van der Waals surface area contributed by atoms with Crippen molar-refractivity contribution in [3.63, 3.8) is 0 Å². The molecule has 0 bridgehead atoms. The number of carbonyl (C=O) groups is 1. The summed E-state index contributed by atoms with van der Waals surface area (Å²) in [6.45, 7) is 4.39. The molecule has 15 heavy (non-hydrogen) atoms. The first kappa shape index (κ1) is 11.7. The molecule has 1 aromatic carbocycles. The van der Waals surface area contributed by atoms with Crippen LogP contribution in [0.5, 0.6) is 0 Å². The van der Waals surface area contributed by atoms with Crippen LogP contribution >= 0.6 is 0 Å². The smallest absolute Gasteiger partial charge is 0.320 e. The van der Waals surface area contributed by atoms with Crippen molar-refractivity contribution < 1.29 is 9.90 Å². The molecule has 1 atom stereocenters. The molecular weight excluding hydrogens is 190 g/mol. The first-order valence-corrected chi connectivity index (χ1v) is 5.11. The summed E-state index contributed by atoms with van der Waals surface area (Å²) in [6.07, 6.45) is 0. The third kappa shape index (κ3) is 3.72. The van der Waals surface area contributed by atoms with Crippen molar-refractivity contribution in [1.29, 1.82) is 0 Å². The van der Waals surface area contributed by atoms with Crippen LogP contribution < -0.4 is 5.32 Å². The Morgan fingerprint density at radius 1 is 1.33 bits per heavy atom. The van der Waals surface area contributed by atoms with Gasteiger partial charge in [-0.05, 0) is 11.5 Å². The zero-order valence-corrected chi connectivity index (χ0v) is 9.10. The minimum absolute atomic E-state index is 0.0891. The quantitative estimate of drug-likeness (QED) is 0.775. The molecule has 3 nitrogen and oxygen atoms in total. The Morgan fingerprint density at radius 3 is 2.40 bits per heavy atom. The molecule has 0 aliphatic carbocycles. The highest BCUT2D eigenvalue weighted by Gasteiger charge is 2.20. The van der Waals surface area contributed by atoms with Crippen molar-refractivity contribution in [2.24, 2.45) is 5.92 Å². The van der Waals surface area contributed by atoms with Gasteiger partial charge in [0.1, 0.15) is 6.04 Å². The first-order chi connectivity index (χ1) is 7.11. The molecule has 0 aromatic heterocycles. The van der Waals surface area contributed by atoms with E-state index in [4.69, 9.17) is 5.11 Å². The lowest BCUT2D eigenvalue weighted by atomic mass is 10.0. The lowest BCUT2D eigenvalue weighted by molar-refractivity contribution is -0.140. The second kappa shape index (κ2) is 5.51. The minimum atomic E-state index is -0.791. The lowest BCUT2D eigenvalue weighted by Crippen LogP contribution is -2.40. The molecular formula is C12H17NO2. The Hall–Kier alpha value is -1.35. The second-order valence-corrected chi connectivity index (χ2v) is 3.93. The van der Waals surface area contributed by atoms with Crippen LogP contribution in [-0.4, -0.2) is 17.1 Å². The zero-order valence-electron chi connectivity index (χ0n) is 9.10. The predicted molar refractivity (Wildman–Crippen MR) is 59.5 cm³/mol. The van der Waals surface area contributed by atoms with Crippen molar-refractivity contribution in [2.45, 2.75) is 26.4 Å². The molecule has 2 N–H and O–H groups in total. The maximum atomic E-state index is 10.9. The largest absolute Gasteiger partial charge is 0.480 e. The highest BCUT2D eigenvalue weighted by atomic mass is 16.4. The molecule has 0 heterocycles. The van der Waals surface area contributed by atoms with E-state index in [9.17, 15) is 4.79 Å². The number of aliphatic carboxylic acids is 1. The number of rotatable bonds is 5. The van der Waals surface area contributed by atoms with Crippen LogP contribution in [0, 0.1) is 5.92 Å². The van der Waals surface area contributed by atoms with Crippen LogP contribution in [0.1, 0.15) is 19.4 Å². The maximum absolute atomic E-state index is 10.9. The van der Waals surface area contributed by atoms with E-state index >= 15 is 0 Å². The van der Waals surface area contributed by atoms with Crippen LogP contribution in [0.4, 0.5) is 0 Å². The number of nitrogens with one attached hydrogen (secondary N) is 1. The Bertz CT molecular complexity index is 309. The fourth-order valence-corrected chi connectivity index (χ4v) is 1.43. The summed E-state index contributed by atoms with van der Waals surface area (Å²) in [5.74, 6) is -0.702. The van der Waals surface area contributed by atoms with Gasteiger partial charge in [0.05, 0.1) is 0 Å². The van der Waals surface area contributed by atoms with Crippen LogP contribution in [0.15, 0.2) is 30.3 Å². The molecule has 0 aliphatic heterocycles. The van der Waals surface area contributed by atoms with Gasteiger partial charge in [-0.3, -0.25) is 4.79 Å². The van der Waals surface area contributed by atoms with Gasteiger partial charge in [-0.15, -0.1) is 0 Å². The number of benzene rings is 1. The molecule has 1 aromatic rings. The topological polar surface area (TPSA) is 49.3 Å². The van der Waals surface area contributed by atoms with E-state index in [1.165, 1.54) is 0 Å². The van der Waals surface area contributed by atoms with Gasteiger partial charge in [0, 0.05) is 6.54 Å². The number of carboxylic acids is 1. The Kier molecular flexibility index (Phi) is 4.31. The van der Waals surface area contributed by atoms with Gasteiger partial charge in [0.2, 0.25) is 0 Å². The molecule has 1 rings (SSSR count). The van der Waals surface area contributed by atoms with E-state index in [1.807, 2.05) is 44.2 Å². The molecule has 0 aliphatic rings. The van der Waals surface area contributed by atoms with Crippen molar-refractivity contribution in [1.82, 2.24) is 5.32 Å². The number of hydrogen-bond acceptors (Lipinski definition) is 2. The van der Waals surface area contributed by atoms with Gasteiger partial charge < -0.3 is 10.4 Å². The van der Waals surface area contributed by atoms with E-state index in [-0.39, 0.29) is 5.92 Å². The summed E-state index contributed by atoms with van der Waals surface area (Å²) in [5.41, 5.74) is 1.10. The molecule has 0 radical (unpaired) electrons. The van der Waals surface area contributed by atoms with Gasteiger partial charge in [0.25, 0.3) is 0 Å². The zero-order chi connectivity index (χ0) is 11.3. The molecule has 1 unspecified atom stereocenters. The Morgan fingerprint density at radius 2 is 1.93 bits per heavy atom. The third-order valence-corrected chi connectivity index (χ3v) is 2.30. The Labute approximate surface area is 90.1 Å². The highest BCUT2D eigenvalue weighted by Crippen LogP contribution is 2.04. The van der Waals surface area contributed by atoms with Crippen molar-refractivity contribution in [3.05, 3.63) is 35.9 Å². The molecule has 82 valence electrons. The van der Waals surface area contributed by atoms with Gasteiger partial charge in [0.15, 0.2) is 0 Å². The number of carboxylic acid groups (broad SMARTS) is 1. The van der Waals surface area contributed by atoms with E-state index in [0.29, 0.717) is 6.54 Å². The van der Waals surface area contributed by atoms with Crippen LogP contribution in [-0.2, 0) is 11.3 Å². The molecule has 0 spiro atoms. The number of hydrogen-bond donors (Lipinski definition) is 2. The van der Waals surface area contributed by atoms with Crippen molar-refractivity contribution in [2.75, 3.05) is 0 Å². The van der Waals surface area contributed by atoms with Crippen molar-refractivity contribution >= 4 is 5.97 Å². The minimum Gasteiger partial charge on any atom is -0.480 e. The van der Waals surface area contributed by atoms with E-state index in [2.05, 4.69) is 5.32 Å². The van der Waals surface area contributed by atoms with Gasteiger partial charge in [-0.1, -0.05) is 44.2 Å². The van der Waals surface area contributed by atoms with E-state index in [1.54, 1.807) is 0 Å². The highest BCUT2D eigenvalue weighted by molar-refractivity contribution is 5.73. The summed E-state index contributed by atoms with van der Waals surface area (Å²) in [6, 6.07) is 9.31. The van der Waals surface area contributed by atoms with Crippen LogP contribution in [0.2, 0.25) is 0 Å². The van der Waals surface area contributed by atoms with E-state index in [0.717, 1.165) is 5.56 Å². The molecule has 0 saturated heterocycles. The summed E-state index contributed by atoms with van der Waals surface area (Å²) < 4.78 is 0. The van der Waals surface area contributed by atoms with Crippen molar-refractivity contribution in [3.8, 4) is 0 Å². The summed E-state index contributed by atoms with van der Waals surface area (Å²) in [5, 5.41) is 12.0. The molecule has 3 heteroatoms. The normalized spacial score (nSPS) is 12.7. The van der Waals surface area contributed by atoms with Gasteiger partial charge >= 0.3 is 5.97 Å². The average Bonchev–Trinajstić information content (AvgIpc) is 2.18. The SMILES string of the molecule is CC(C)C(NCc1ccccc1)C(=O)O. The maximum Gasteiger partial charge on any atom is 0.320 e. The Balaban J connectivity index is 2.51. The summed E-state index contributed by atoms with van der Waals surface area (Å²) in [7, 11) is 0. The molecule has 0 amide bonds. The first-order valence-electron chi connectivity index (χ1n) is 5.11. The lowest BCUT2D eigenvalue weighted by Gasteiger charge is -2.17. The molecule has 0 fully saturated rings. The predicted octanol–water partition coefficient (Wildman–Crippen LogP) is 1.89. The van der Waals surface area contributed by atoms with Gasteiger partial charge in [-0.25, -0.2) is 0 Å². The second-order valence-electron chi connectivity index (χ2n) is 3.93. The van der Waals surface area contributed by atoms with E-state index < -0.39 is 12.0 Å². The van der Waals surface area contributed by atoms with Crippen LogP contribution in [0.25, 0.3) is 0 Å². The summed E-state index contributed by atoms with van der Waals surface area (Å²) >= 11 is 0. The molecule has 0 saturated carbocycles. The summed E-state index contributed by atoms with van der Waals surface area (Å²) in [4.78, 5) is 10.9. The van der Waals surface area contributed by atoms with Crippen LogP contribution in [0.3, 0.4) is 0 Å². The van der Waals surface area contributed by atoms with Gasteiger partial charge in [-0.2, -0.15) is 0 Å². The third-order valence-electron chi connectivity index (χ3n) is 2.30. The standard InChI is InChI=1S/C12H17NO2/c1-9(2)11(12(14)15)13-8-10-6-4-3-5-7-10/h3-7,9,11,13H,8H2,1-2H3,(H,14,15). The monoisotopic (exact) mass is 207 g/mol. The fourth-order valence-electron chi connectivity index (χ4n) is 1.43.